The van der Waals surface area contributed by atoms with Gasteiger partial charge in [0.05, 0.1) is 7.11 Å². The van der Waals surface area contributed by atoms with Gasteiger partial charge >= 0.3 is 0 Å². The number of hydrogen-bond acceptors (Lipinski definition) is 4. The molecule has 2 rings (SSSR count). The van der Waals surface area contributed by atoms with Gasteiger partial charge in [0, 0.05) is 29.7 Å². The topological polar surface area (TPSA) is 33.7 Å². The molecule has 1 N–H and O–H groups in total. The SMILES string of the molecule is CCN(CC)CCNCc1cc(Br)cc(OC)c1OCc1ccccc1. The lowest BCUT2D eigenvalue weighted by Gasteiger charge is -2.19. The molecule has 0 amide bonds. The van der Waals surface area contributed by atoms with Crippen LogP contribution in [0, 0.1) is 0 Å². The van der Waals surface area contributed by atoms with Crippen LogP contribution in [0.25, 0.3) is 0 Å². The number of methoxy groups -OCH3 is 1. The summed E-state index contributed by atoms with van der Waals surface area (Å²) in [6.45, 7) is 9.78. The van der Waals surface area contributed by atoms with E-state index in [0.29, 0.717) is 6.61 Å². The third-order valence-corrected chi connectivity index (χ3v) is 4.81. The van der Waals surface area contributed by atoms with Gasteiger partial charge in [-0.2, -0.15) is 0 Å². The van der Waals surface area contributed by atoms with Gasteiger partial charge in [0.25, 0.3) is 0 Å². The van der Waals surface area contributed by atoms with E-state index in [1.165, 1.54) is 0 Å². The molecule has 0 saturated carbocycles. The number of nitrogens with zero attached hydrogens (tertiary/aromatic N) is 1. The van der Waals surface area contributed by atoms with Crippen molar-refractivity contribution in [1.82, 2.24) is 10.2 Å². The van der Waals surface area contributed by atoms with Gasteiger partial charge in [0.1, 0.15) is 6.61 Å². The number of benzene rings is 2. The quantitative estimate of drug-likeness (QED) is 0.543. The van der Waals surface area contributed by atoms with Gasteiger partial charge < -0.3 is 19.7 Å². The second-order valence-electron chi connectivity index (χ2n) is 6.07. The normalized spacial score (nSPS) is 11.0. The van der Waals surface area contributed by atoms with Crippen LogP contribution >= 0.6 is 15.9 Å². The first-order chi connectivity index (χ1) is 12.7. The maximum Gasteiger partial charge on any atom is 0.166 e. The Balaban J connectivity index is 2.04. The molecule has 0 spiro atoms. The van der Waals surface area contributed by atoms with Crippen molar-refractivity contribution in [3.63, 3.8) is 0 Å². The molecule has 26 heavy (non-hydrogen) atoms. The fourth-order valence-corrected chi connectivity index (χ4v) is 3.28. The fourth-order valence-electron chi connectivity index (χ4n) is 2.80. The van der Waals surface area contributed by atoms with Gasteiger partial charge in [-0.3, -0.25) is 0 Å². The third kappa shape index (κ3) is 6.31. The summed E-state index contributed by atoms with van der Waals surface area (Å²) in [5, 5.41) is 3.52. The van der Waals surface area contributed by atoms with E-state index in [2.05, 4.69) is 58.2 Å². The lowest BCUT2D eigenvalue weighted by molar-refractivity contribution is 0.279. The Morgan fingerprint density at radius 3 is 2.46 bits per heavy atom. The third-order valence-electron chi connectivity index (χ3n) is 4.36. The van der Waals surface area contributed by atoms with Gasteiger partial charge in [-0.1, -0.05) is 60.1 Å². The molecule has 0 aliphatic heterocycles. The molecule has 0 fully saturated rings. The molecule has 4 nitrogen and oxygen atoms in total. The van der Waals surface area contributed by atoms with Gasteiger partial charge in [-0.15, -0.1) is 0 Å². The first kappa shape index (κ1) is 20.7. The largest absolute Gasteiger partial charge is 0.493 e. The van der Waals surface area contributed by atoms with Crippen molar-refractivity contribution in [2.45, 2.75) is 27.0 Å². The predicted octanol–water partition coefficient (Wildman–Crippen LogP) is 4.47. The zero-order chi connectivity index (χ0) is 18.8. The second kappa shape index (κ2) is 11.2. The fraction of sp³-hybridized carbons (Fsp3) is 0.429. The number of hydrogen-bond donors (Lipinski definition) is 1. The van der Waals surface area contributed by atoms with Crippen molar-refractivity contribution >= 4 is 15.9 Å². The lowest BCUT2D eigenvalue weighted by Crippen LogP contribution is -2.31. The van der Waals surface area contributed by atoms with Crippen LogP contribution in [0.2, 0.25) is 0 Å². The van der Waals surface area contributed by atoms with Crippen LogP contribution in [0.15, 0.2) is 46.9 Å². The minimum atomic E-state index is 0.519. The minimum Gasteiger partial charge on any atom is -0.493 e. The molecule has 142 valence electrons. The summed E-state index contributed by atoms with van der Waals surface area (Å²) in [7, 11) is 1.68. The van der Waals surface area contributed by atoms with E-state index in [1.54, 1.807) is 7.11 Å². The Morgan fingerprint density at radius 1 is 1.08 bits per heavy atom. The van der Waals surface area contributed by atoms with E-state index in [0.717, 1.165) is 59.8 Å². The molecule has 0 saturated heterocycles. The van der Waals surface area contributed by atoms with E-state index in [-0.39, 0.29) is 0 Å². The molecule has 0 heterocycles. The summed E-state index contributed by atoms with van der Waals surface area (Å²) in [5.74, 6) is 1.55. The van der Waals surface area contributed by atoms with Crippen LogP contribution in [0.4, 0.5) is 0 Å². The predicted molar refractivity (Wildman–Crippen MR) is 111 cm³/mol. The van der Waals surface area contributed by atoms with E-state index >= 15 is 0 Å². The van der Waals surface area contributed by atoms with E-state index in [9.17, 15) is 0 Å². The lowest BCUT2D eigenvalue weighted by atomic mass is 10.1. The van der Waals surface area contributed by atoms with Gasteiger partial charge in [-0.25, -0.2) is 0 Å². The molecule has 0 aliphatic carbocycles. The summed E-state index contributed by atoms with van der Waals surface area (Å²) >= 11 is 3.57. The van der Waals surface area contributed by atoms with Crippen LogP contribution in [0.3, 0.4) is 0 Å². The molecular weight excluding hydrogens is 392 g/mol. The number of halogens is 1. The van der Waals surface area contributed by atoms with Crippen LogP contribution in [0.1, 0.15) is 25.0 Å². The van der Waals surface area contributed by atoms with E-state index < -0.39 is 0 Å². The van der Waals surface area contributed by atoms with Crippen LogP contribution in [-0.4, -0.2) is 38.2 Å². The molecular formula is C21H29BrN2O2. The summed E-state index contributed by atoms with van der Waals surface area (Å²) < 4.78 is 12.7. The highest BCUT2D eigenvalue weighted by Gasteiger charge is 2.13. The standard InChI is InChI=1S/C21H29BrN2O2/c1-4-24(5-2)12-11-23-15-18-13-19(22)14-20(25-3)21(18)26-16-17-9-7-6-8-10-17/h6-10,13-14,23H,4-5,11-12,15-16H2,1-3H3. The number of ether oxygens (including phenoxy) is 2. The summed E-state index contributed by atoms with van der Waals surface area (Å²) in [6, 6.07) is 14.2. The molecule has 0 unspecified atom stereocenters. The monoisotopic (exact) mass is 420 g/mol. The molecule has 0 atom stereocenters. The second-order valence-corrected chi connectivity index (χ2v) is 6.99. The molecule has 5 heteroatoms. The zero-order valence-electron chi connectivity index (χ0n) is 15.9. The first-order valence-electron chi connectivity index (χ1n) is 9.14. The first-order valence-corrected chi connectivity index (χ1v) is 9.93. The Morgan fingerprint density at radius 2 is 1.81 bits per heavy atom. The van der Waals surface area contributed by atoms with Crippen molar-refractivity contribution in [1.29, 1.82) is 0 Å². The number of likely N-dealkylation sites (N-methyl/N-ethyl adjacent to an activating group) is 1. The maximum absolute atomic E-state index is 6.12. The van der Waals surface area contributed by atoms with Crippen molar-refractivity contribution < 1.29 is 9.47 Å². The molecule has 2 aromatic carbocycles. The molecule has 2 aromatic rings. The summed E-state index contributed by atoms with van der Waals surface area (Å²) in [6.07, 6.45) is 0. The van der Waals surface area contributed by atoms with Gasteiger partial charge in [-0.05, 0) is 30.8 Å². The Labute approximate surface area is 165 Å². The molecule has 0 aliphatic rings. The van der Waals surface area contributed by atoms with Crippen LogP contribution in [0.5, 0.6) is 11.5 Å². The van der Waals surface area contributed by atoms with Crippen molar-refractivity contribution in [3.05, 3.63) is 58.1 Å². The average molecular weight is 421 g/mol. The summed E-state index contributed by atoms with van der Waals surface area (Å²) in [5.41, 5.74) is 2.23. The van der Waals surface area contributed by atoms with Crippen molar-refractivity contribution in [2.75, 3.05) is 33.3 Å². The van der Waals surface area contributed by atoms with Crippen LogP contribution < -0.4 is 14.8 Å². The highest BCUT2D eigenvalue weighted by Crippen LogP contribution is 2.35. The molecule has 0 bridgehead atoms. The Bertz CT molecular complexity index is 661. The Hall–Kier alpha value is -1.56. The van der Waals surface area contributed by atoms with E-state index in [4.69, 9.17) is 9.47 Å². The minimum absolute atomic E-state index is 0.519. The zero-order valence-corrected chi connectivity index (χ0v) is 17.5. The molecule has 0 aromatic heterocycles. The molecule has 0 radical (unpaired) electrons. The van der Waals surface area contributed by atoms with E-state index in [1.807, 2.05) is 24.3 Å². The number of nitrogens with one attached hydrogen (secondary N) is 1. The van der Waals surface area contributed by atoms with Crippen molar-refractivity contribution in [2.24, 2.45) is 0 Å². The van der Waals surface area contributed by atoms with Crippen molar-refractivity contribution in [3.8, 4) is 11.5 Å². The Kier molecular flexibility index (Phi) is 8.95. The number of rotatable bonds is 11. The highest BCUT2D eigenvalue weighted by molar-refractivity contribution is 9.10. The van der Waals surface area contributed by atoms with Gasteiger partial charge in [0.2, 0.25) is 0 Å². The van der Waals surface area contributed by atoms with Crippen LogP contribution in [-0.2, 0) is 13.2 Å². The van der Waals surface area contributed by atoms with Gasteiger partial charge in [0.15, 0.2) is 11.5 Å². The maximum atomic E-state index is 6.12. The highest BCUT2D eigenvalue weighted by atomic mass is 79.9. The smallest absolute Gasteiger partial charge is 0.166 e. The average Bonchev–Trinajstić information content (AvgIpc) is 2.67. The summed E-state index contributed by atoms with van der Waals surface area (Å²) in [4.78, 5) is 2.40.